The van der Waals surface area contributed by atoms with Gasteiger partial charge in [0, 0.05) is 60.8 Å². The number of amides is 10. The lowest BCUT2D eigenvalue weighted by atomic mass is 9.87. The van der Waals surface area contributed by atoms with Crippen LogP contribution < -0.4 is 21.3 Å². The Morgan fingerprint density at radius 3 is 1.32 bits per heavy atom. The first-order valence-electron chi connectivity index (χ1n) is 33.9. The van der Waals surface area contributed by atoms with Gasteiger partial charge in [0.1, 0.15) is 54.4 Å². The van der Waals surface area contributed by atoms with Crippen LogP contribution in [0.15, 0.2) is 0 Å². The number of aliphatic hydroxyl groups excluding tert-OH is 2. The largest absolute Gasteiger partial charge is 0.450 e. The summed E-state index contributed by atoms with van der Waals surface area (Å²) < 4.78 is 30.6. The van der Waals surface area contributed by atoms with Gasteiger partial charge in [-0.3, -0.25) is 47.9 Å². The van der Waals surface area contributed by atoms with Gasteiger partial charge in [-0.2, -0.15) is 0 Å². The van der Waals surface area contributed by atoms with Crippen molar-refractivity contribution in [2.24, 2.45) is 46.8 Å². The fraction of sp³-hybridized carbons (Fsp3) is 0.836. The minimum atomic E-state index is -3.24. The molecule has 0 radical (unpaired) electrons. The molecule has 6 N–H and O–H groups in total. The van der Waals surface area contributed by atoms with Crippen LogP contribution >= 0.6 is 0 Å². The average molecular weight is 1370 g/mol. The minimum Gasteiger partial charge on any atom is -0.450 e. The summed E-state index contributed by atoms with van der Waals surface area (Å²) in [5.74, 6) is -11.7. The summed E-state index contributed by atoms with van der Waals surface area (Å²) in [6, 6.07) is -12.6. The molecular formula is C67H121N11O16S. The first-order valence-corrected chi connectivity index (χ1v) is 35.7. The predicted octanol–water partition coefficient (Wildman–Crippen LogP) is 1.90. The number of hydrogen-bond acceptors (Lipinski definition) is 17. The zero-order valence-corrected chi connectivity index (χ0v) is 62.4. The third kappa shape index (κ3) is 25.1. The number of ether oxygens (including phenoxy) is 1. The average Bonchev–Trinajstić information content (AvgIpc) is 0.820. The number of carbonyl (C=O) groups is 11. The van der Waals surface area contributed by atoms with Gasteiger partial charge in [0.25, 0.3) is 5.91 Å². The van der Waals surface area contributed by atoms with Crippen molar-refractivity contribution in [1.29, 1.82) is 0 Å². The zero-order valence-electron chi connectivity index (χ0n) is 61.6. The van der Waals surface area contributed by atoms with Gasteiger partial charge in [0.05, 0.1) is 30.3 Å². The summed E-state index contributed by atoms with van der Waals surface area (Å²) in [4.78, 5) is 171. The number of esters is 1. The Hall–Kier alpha value is -6.00. The van der Waals surface area contributed by atoms with E-state index in [0.29, 0.717) is 6.54 Å². The van der Waals surface area contributed by atoms with Crippen LogP contribution in [-0.2, 0) is 67.3 Å². The van der Waals surface area contributed by atoms with Gasteiger partial charge in [-0.25, -0.2) is 13.2 Å². The maximum Gasteiger partial charge on any atom is 0.329 e. The normalized spacial score (nSPS) is 27.4. The molecule has 0 saturated carbocycles. The molecule has 10 amide bonds. The summed E-state index contributed by atoms with van der Waals surface area (Å²) >= 11 is 0. The van der Waals surface area contributed by atoms with Gasteiger partial charge < -0.3 is 70.5 Å². The van der Waals surface area contributed by atoms with Gasteiger partial charge in [-0.1, -0.05) is 111 Å². The van der Waals surface area contributed by atoms with Crippen molar-refractivity contribution in [3.05, 3.63) is 0 Å². The Morgan fingerprint density at radius 2 is 0.905 bits per heavy atom. The molecule has 0 aliphatic carbocycles. The van der Waals surface area contributed by atoms with Crippen LogP contribution in [0.3, 0.4) is 0 Å². The first kappa shape index (κ1) is 85.1. The lowest BCUT2D eigenvalue weighted by Gasteiger charge is -2.40. The van der Waals surface area contributed by atoms with Crippen LogP contribution in [0.5, 0.6) is 0 Å². The van der Waals surface area contributed by atoms with Gasteiger partial charge >= 0.3 is 5.97 Å². The molecule has 28 heteroatoms. The lowest BCUT2D eigenvalue weighted by molar-refractivity contribution is -0.170. The van der Waals surface area contributed by atoms with Crippen molar-refractivity contribution in [1.82, 2.24) is 55.6 Å². The Kier molecular flexibility index (Phi) is 33.2. The molecule has 2 aliphatic rings. The number of rotatable bonds is 17. The molecule has 0 spiro atoms. The number of aliphatic hydroxyl groups is 2. The molecule has 2 heterocycles. The molecule has 546 valence electrons. The highest BCUT2D eigenvalue weighted by Crippen LogP contribution is 2.28. The Labute approximate surface area is 566 Å². The van der Waals surface area contributed by atoms with Gasteiger partial charge in [-0.15, -0.1) is 0 Å². The molecule has 2 fully saturated rings. The van der Waals surface area contributed by atoms with Crippen molar-refractivity contribution in [2.45, 2.75) is 236 Å². The fourth-order valence-electron chi connectivity index (χ4n) is 12.0. The fourth-order valence-corrected chi connectivity index (χ4v) is 13.2. The van der Waals surface area contributed by atoms with Crippen molar-refractivity contribution >= 4 is 74.9 Å². The summed E-state index contributed by atoms with van der Waals surface area (Å²) in [6.07, 6.45) is -4.29. The summed E-state index contributed by atoms with van der Waals surface area (Å²) in [5.41, 5.74) is -1.11. The number of nitrogens with one attached hydrogen (secondary N) is 4. The molecule has 0 aromatic carbocycles. The second-order valence-corrected chi connectivity index (χ2v) is 32.6. The molecule has 0 aromatic heterocycles. The standard InChI is InChI=1S/C67H121N11O16S/c1-37(2)31-46-61(86)74(21)49(34-40(7)8)57(82)68-44(14)66(91)94-56(67(16,17)18)65(90)75(22)50(35-41(9)10)59(84)70-47(32-38(3)4)62(87)76(23)53(42(11)12)64(89)77(24)54(55(81)43(13)25-26-78-27-29-95(92,93)30-28-78)60(85)71-52(45(15)79)63(88)72(19)36-51(80)73(20)48(33-39(5)6)58(83)69-46/h37-50,52-56,79,81H,25-36H2,1-24H3,(H,68,82)(H,69,83)(H,70,84)(H,71,85)/t43-,44+,45?,46+,47+,48+,49+,50+,52+,53-,54-,55?,56-/m1/s1. The molecular weight excluding hydrogens is 1250 g/mol. The van der Waals surface area contributed by atoms with E-state index in [4.69, 9.17) is 4.74 Å². The van der Waals surface area contributed by atoms with E-state index in [-0.39, 0.29) is 92.7 Å². The molecule has 2 saturated heterocycles. The molecule has 0 aromatic rings. The van der Waals surface area contributed by atoms with Crippen LogP contribution in [0.2, 0.25) is 0 Å². The number of cyclic esters (lactones) is 1. The smallest absolute Gasteiger partial charge is 0.329 e. The van der Waals surface area contributed by atoms with Crippen LogP contribution in [0.1, 0.15) is 163 Å². The monoisotopic (exact) mass is 1370 g/mol. The van der Waals surface area contributed by atoms with Crippen molar-refractivity contribution in [2.75, 3.05) is 80.0 Å². The maximum absolute atomic E-state index is 15.3. The summed E-state index contributed by atoms with van der Waals surface area (Å²) in [6.45, 7) is 30.9. The number of sulfone groups is 1. The van der Waals surface area contributed by atoms with Crippen LogP contribution in [-0.4, -0.2) is 271 Å². The number of nitrogens with zero attached hydrogens (tertiary/aromatic N) is 7. The molecule has 13 atom stereocenters. The highest BCUT2D eigenvalue weighted by Gasteiger charge is 2.47. The topological polar surface area (TPSA) is 342 Å². The van der Waals surface area contributed by atoms with Gasteiger partial charge in [0.2, 0.25) is 53.2 Å². The highest BCUT2D eigenvalue weighted by atomic mass is 32.2. The Morgan fingerprint density at radius 1 is 0.505 bits per heavy atom. The quantitative estimate of drug-likeness (QED) is 0.113. The second kappa shape index (κ2) is 37.1. The Balaban J connectivity index is 3.06. The van der Waals surface area contributed by atoms with E-state index in [0.717, 1.165) is 24.5 Å². The molecule has 2 unspecified atom stereocenters. The molecule has 27 nitrogen and oxygen atoms in total. The summed E-state index contributed by atoms with van der Waals surface area (Å²) in [5, 5.41) is 34.7. The second-order valence-electron chi connectivity index (χ2n) is 30.3. The van der Waals surface area contributed by atoms with E-state index < -0.39 is 171 Å². The third-order valence-electron chi connectivity index (χ3n) is 17.8. The van der Waals surface area contributed by atoms with E-state index in [1.807, 2.05) is 74.1 Å². The SMILES string of the molecule is CC(C)C[C@@H]1NC(=O)[C@H](CC(C)C)N(C)C(=O)CN(C)C(=O)[C@H](C(C)O)NC(=O)[C@@H](C(O)[C@H](C)CCN2CCS(=O)(=O)CC2)N(C)C(=O)[C@@H](C(C)C)N(C)C(=O)[C@H](CC(C)C)NC(=O)[C@H](CC(C)C)N(C)C(=O)[C@H](C(C)(C)C)OC(=O)[C@H](C)NC(=O)[C@H](CC(C)C)N(C)C1=O. The zero-order chi connectivity index (χ0) is 73.4. The number of likely N-dealkylation sites (N-methyl/N-ethyl adjacent to an activating group) is 6. The highest BCUT2D eigenvalue weighted by molar-refractivity contribution is 7.91. The number of carbonyl (C=O) groups excluding carboxylic acids is 11. The lowest BCUT2D eigenvalue weighted by Crippen LogP contribution is -2.64. The first-order chi connectivity index (χ1) is 43.6. The minimum absolute atomic E-state index is 0.0466. The van der Waals surface area contributed by atoms with Gasteiger partial charge in [0.15, 0.2) is 15.9 Å². The van der Waals surface area contributed by atoms with Crippen LogP contribution in [0, 0.1) is 46.8 Å². The molecule has 2 aliphatic heterocycles. The van der Waals surface area contributed by atoms with E-state index in [2.05, 4.69) is 21.3 Å². The van der Waals surface area contributed by atoms with Crippen LogP contribution in [0.25, 0.3) is 0 Å². The Bertz CT molecular complexity index is 2740. The van der Waals surface area contributed by atoms with Crippen molar-refractivity contribution in [3.8, 4) is 0 Å². The predicted molar refractivity (Wildman–Crippen MR) is 362 cm³/mol. The van der Waals surface area contributed by atoms with Crippen LogP contribution in [0.4, 0.5) is 0 Å². The molecule has 0 bridgehead atoms. The molecule has 2 rings (SSSR count). The van der Waals surface area contributed by atoms with E-state index >= 15 is 14.4 Å². The van der Waals surface area contributed by atoms with E-state index in [9.17, 15) is 57.0 Å². The molecule has 95 heavy (non-hydrogen) atoms. The summed E-state index contributed by atoms with van der Waals surface area (Å²) in [7, 11) is 4.78. The number of hydrogen-bond donors (Lipinski definition) is 6. The maximum atomic E-state index is 15.3. The van der Waals surface area contributed by atoms with E-state index in [1.54, 1.807) is 41.5 Å². The van der Waals surface area contributed by atoms with Crippen molar-refractivity contribution in [3.63, 3.8) is 0 Å². The van der Waals surface area contributed by atoms with Gasteiger partial charge in [-0.05, 0) is 100 Å². The van der Waals surface area contributed by atoms with Crippen molar-refractivity contribution < 1.29 is 76.1 Å². The third-order valence-corrected chi connectivity index (χ3v) is 19.4. The van der Waals surface area contributed by atoms with E-state index in [1.165, 1.54) is 61.0 Å².